The molecule has 128 valence electrons. The molecule has 0 aromatic heterocycles. The Morgan fingerprint density at radius 1 is 1.29 bits per heavy atom. The number of fused-ring (bicyclic) bond motifs is 1. The Balaban J connectivity index is 2.23. The molecule has 0 N–H and O–H groups in total. The van der Waals surface area contributed by atoms with E-state index >= 15 is 0 Å². The summed E-state index contributed by atoms with van der Waals surface area (Å²) in [6, 6.07) is 1.44. The minimum absolute atomic E-state index is 0.000826. The number of halogens is 1. The predicted molar refractivity (Wildman–Crippen MR) is 86.1 cm³/mol. The van der Waals surface area contributed by atoms with Gasteiger partial charge in [-0.3, -0.25) is 9.59 Å². The van der Waals surface area contributed by atoms with Crippen LogP contribution in [0.25, 0.3) is 0 Å². The summed E-state index contributed by atoms with van der Waals surface area (Å²) >= 11 is 6.31. The van der Waals surface area contributed by atoms with Gasteiger partial charge in [-0.25, -0.2) is 0 Å². The number of methoxy groups -OCH3 is 3. The molecule has 7 heteroatoms. The Bertz CT molecular complexity index is 863. The van der Waals surface area contributed by atoms with Crippen molar-refractivity contribution in [3.05, 3.63) is 28.5 Å². The molecule has 0 amide bonds. The summed E-state index contributed by atoms with van der Waals surface area (Å²) in [7, 11) is -0.116. The topological polar surface area (TPSA) is 71.1 Å². The smallest absolute Gasteiger partial charge is 0.231 e. The number of Topliss-reactive ketones (excluding diaryl/α,β-unsaturated/α-hetero) is 1. The van der Waals surface area contributed by atoms with Crippen molar-refractivity contribution in [2.24, 2.45) is 5.92 Å². The van der Waals surface area contributed by atoms with Crippen molar-refractivity contribution in [1.82, 2.24) is 0 Å². The van der Waals surface area contributed by atoms with Crippen LogP contribution in [0.5, 0.6) is 17.2 Å². The molecule has 0 saturated carbocycles. The Hall–Kier alpha value is -2.21. The zero-order valence-electron chi connectivity index (χ0n) is 16.3. The monoisotopic (exact) mass is 355 g/mol. The lowest BCUT2D eigenvalue weighted by Crippen LogP contribution is -2.51. The number of carbonyl (C=O) groups is 2. The molecular formula is C17H17ClO6. The Labute approximate surface area is 148 Å². The molecule has 0 unspecified atom stereocenters. The normalized spacial score (nSPS) is 27.6. The molecule has 1 aromatic carbocycles. The molecule has 3 rings (SSSR count). The molecule has 1 aliphatic carbocycles. The third kappa shape index (κ3) is 2.02. The SMILES string of the molecule is [2H]C([2H])([2H])OC1=CC(=O)C[C@@H](C)[C@]12Oc1c(Cl)c(OC)cc(OC)c1C2=O. The van der Waals surface area contributed by atoms with E-state index in [0.29, 0.717) is 0 Å². The van der Waals surface area contributed by atoms with Gasteiger partial charge in [-0.2, -0.15) is 0 Å². The average molecular weight is 356 g/mol. The third-order valence-corrected chi connectivity index (χ3v) is 4.75. The predicted octanol–water partition coefficient (Wildman–Crippen LogP) is 2.81. The lowest BCUT2D eigenvalue weighted by atomic mass is 9.75. The van der Waals surface area contributed by atoms with Crippen molar-refractivity contribution >= 4 is 23.2 Å². The van der Waals surface area contributed by atoms with Gasteiger partial charge in [0, 0.05) is 24.5 Å². The van der Waals surface area contributed by atoms with Crippen LogP contribution in [0.4, 0.5) is 0 Å². The van der Waals surface area contributed by atoms with Crippen LogP contribution in [0.3, 0.4) is 0 Å². The Morgan fingerprint density at radius 3 is 2.62 bits per heavy atom. The first-order chi connectivity index (χ1) is 12.5. The van der Waals surface area contributed by atoms with Gasteiger partial charge < -0.3 is 18.9 Å². The standard InChI is InChI=1S/C17H17ClO6/c1-8-5-9(19)6-12(23-4)17(8)16(20)13-10(21-2)7-11(22-3)14(18)15(13)24-17/h6-8H,5H2,1-4H3/t8-,17+/m1/s1/i4D3. The lowest BCUT2D eigenvalue weighted by Gasteiger charge is -2.36. The van der Waals surface area contributed by atoms with E-state index in [1.165, 1.54) is 20.3 Å². The van der Waals surface area contributed by atoms with Crippen LogP contribution < -0.4 is 14.2 Å². The number of ketones is 2. The fourth-order valence-electron chi connectivity index (χ4n) is 3.19. The summed E-state index contributed by atoms with van der Waals surface area (Å²) in [6.45, 7) is 1.61. The molecule has 1 spiro atoms. The zero-order chi connectivity index (χ0) is 20.1. The van der Waals surface area contributed by atoms with E-state index in [9.17, 15) is 9.59 Å². The Kier molecular flexibility index (Phi) is 3.12. The van der Waals surface area contributed by atoms with Crippen molar-refractivity contribution in [2.75, 3.05) is 21.3 Å². The maximum atomic E-state index is 13.4. The molecule has 0 fully saturated rings. The number of ether oxygens (including phenoxy) is 4. The van der Waals surface area contributed by atoms with Crippen molar-refractivity contribution in [3.63, 3.8) is 0 Å². The number of allylic oxidation sites excluding steroid dienone is 1. The van der Waals surface area contributed by atoms with Crippen LogP contribution in [0, 0.1) is 5.92 Å². The Morgan fingerprint density at radius 2 is 2.00 bits per heavy atom. The number of benzene rings is 1. The number of carbonyl (C=O) groups excluding carboxylic acids is 2. The van der Waals surface area contributed by atoms with Crippen molar-refractivity contribution < 1.29 is 32.6 Å². The first kappa shape index (κ1) is 13.1. The highest BCUT2D eigenvalue weighted by atomic mass is 35.5. The minimum atomic E-state index is -2.87. The van der Waals surface area contributed by atoms with Gasteiger partial charge in [0.05, 0.1) is 25.4 Å². The first-order valence-corrected chi connectivity index (χ1v) is 7.55. The van der Waals surface area contributed by atoms with Gasteiger partial charge in [0.25, 0.3) is 0 Å². The van der Waals surface area contributed by atoms with Crippen LogP contribution in [0.2, 0.25) is 5.02 Å². The molecule has 24 heavy (non-hydrogen) atoms. The van der Waals surface area contributed by atoms with Crippen LogP contribution in [0.1, 0.15) is 27.8 Å². The maximum Gasteiger partial charge on any atom is 0.231 e. The molecule has 1 aliphatic heterocycles. The quantitative estimate of drug-likeness (QED) is 0.830. The van der Waals surface area contributed by atoms with E-state index < -0.39 is 24.3 Å². The van der Waals surface area contributed by atoms with E-state index in [4.69, 9.17) is 34.7 Å². The van der Waals surface area contributed by atoms with E-state index in [2.05, 4.69) is 0 Å². The van der Waals surface area contributed by atoms with E-state index in [1.54, 1.807) is 6.92 Å². The number of rotatable bonds is 3. The molecule has 2 aliphatic rings. The van der Waals surface area contributed by atoms with Crippen LogP contribution in [-0.2, 0) is 9.53 Å². The summed E-state index contributed by atoms with van der Waals surface area (Å²) in [5.41, 5.74) is -1.78. The minimum Gasteiger partial charge on any atom is -0.496 e. The first-order valence-electron chi connectivity index (χ1n) is 8.67. The summed E-state index contributed by atoms with van der Waals surface area (Å²) in [5.74, 6) is -1.64. The highest BCUT2D eigenvalue weighted by Crippen LogP contribution is 2.54. The van der Waals surface area contributed by atoms with Crippen molar-refractivity contribution in [3.8, 4) is 17.2 Å². The van der Waals surface area contributed by atoms with Crippen molar-refractivity contribution in [1.29, 1.82) is 0 Å². The second-order valence-corrected chi connectivity index (χ2v) is 6.03. The number of hydrogen-bond donors (Lipinski definition) is 0. The maximum absolute atomic E-state index is 13.4. The summed E-state index contributed by atoms with van der Waals surface area (Å²) in [4.78, 5) is 25.4. The molecule has 0 saturated heterocycles. The van der Waals surface area contributed by atoms with Gasteiger partial charge in [0.1, 0.15) is 22.1 Å². The molecule has 1 aromatic rings. The molecule has 2 atom stereocenters. The highest BCUT2D eigenvalue weighted by molar-refractivity contribution is 6.35. The van der Waals surface area contributed by atoms with E-state index in [-0.39, 0.29) is 45.8 Å². The fourth-order valence-corrected chi connectivity index (χ4v) is 3.46. The van der Waals surface area contributed by atoms with E-state index in [1.807, 2.05) is 0 Å². The summed E-state index contributed by atoms with van der Waals surface area (Å²) < 4.78 is 43.5. The van der Waals surface area contributed by atoms with Crippen LogP contribution in [0.15, 0.2) is 17.9 Å². The van der Waals surface area contributed by atoms with E-state index in [0.717, 1.165) is 6.08 Å². The summed E-state index contributed by atoms with van der Waals surface area (Å²) in [5, 5.41) is 0.0378. The van der Waals surface area contributed by atoms with Gasteiger partial charge in [-0.1, -0.05) is 18.5 Å². The zero-order valence-corrected chi connectivity index (χ0v) is 14.0. The third-order valence-electron chi connectivity index (χ3n) is 4.39. The molecule has 0 radical (unpaired) electrons. The van der Waals surface area contributed by atoms with Gasteiger partial charge in [-0.15, -0.1) is 0 Å². The molecule has 0 bridgehead atoms. The fraction of sp³-hybridized carbons (Fsp3) is 0.412. The molecule has 1 heterocycles. The highest BCUT2D eigenvalue weighted by Gasteiger charge is 2.59. The largest absolute Gasteiger partial charge is 0.496 e. The van der Waals surface area contributed by atoms with Gasteiger partial charge in [-0.05, 0) is 0 Å². The molecular weight excluding hydrogens is 336 g/mol. The second kappa shape index (κ2) is 5.70. The van der Waals surface area contributed by atoms with Crippen LogP contribution in [-0.4, -0.2) is 38.4 Å². The average Bonchev–Trinajstić information content (AvgIpc) is 2.87. The van der Waals surface area contributed by atoms with Gasteiger partial charge in [0.15, 0.2) is 17.3 Å². The van der Waals surface area contributed by atoms with Crippen molar-refractivity contribution in [2.45, 2.75) is 18.9 Å². The lowest BCUT2D eigenvalue weighted by molar-refractivity contribution is -0.118. The van der Waals surface area contributed by atoms with Gasteiger partial charge >= 0.3 is 0 Å². The summed E-state index contributed by atoms with van der Waals surface area (Å²) in [6.07, 6.45) is 0.971. The van der Waals surface area contributed by atoms with Gasteiger partial charge in [0.2, 0.25) is 11.4 Å². The number of hydrogen-bond acceptors (Lipinski definition) is 6. The second-order valence-electron chi connectivity index (χ2n) is 5.65. The molecule has 6 nitrogen and oxygen atoms in total. The van der Waals surface area contributed by atoms with Crippen LogP contribution >= 0.6 is 11.6 Å².